The zero-order chi connectivity index (χ0) is 31.6. The summed E-state index contributed by atoms with van der Waals surface area (Å²) in [5.74, 6) is -1.70. The van der Waals surface area contributed by atoms with Crippen molar-refractivity contribution < 1.29 is 36.3 Å². The van der Waals surface area contributed by atoms with E-state index in [9.17, 15) is 32.4 Å². The fourth-order valence-corrected chi connectivity index (χ4v) is 5.37. The normalized spacial score (nSPS) is 14.3. The maximum absolute atomic E-state index is 13.6. The van der Waals surface area contributed by atoms with Crippen LogP contribution in [-0.2, 0) is 6.42 Å². The Morgan fingerprint density at radius 1 is 1.11 bits per heavy atom. The molecule has 2 amide bonds. The van der Waals surface area contributed by atoms with Gasteiger partial charge in [0.2, 0.25) is 11.6 Å². The van der Waals surface area contributed by atoms with Crippen LogP contribution < -0.4 is 15.4 Å². The van der Waals surface area contributed by atoms with Gasteiger partial charge in [0.1, 0.15) is 22.7 Å². The highest BCUT2D eigenvalue weighted by atomic mass is 19.4. The standard InChI is InChI=1S/C31H27F4N5O4/c1-37-27(42)24-21-14-20(18-13-22(28(43-2)38-15-18)26(41)40-30(16-36)10-3-4-11-30)23(9-12-31(33,34)35)39-29(21)44-25(24)17-5-7-19(32)8-6-17/h5-8,13-15H,3-4,9-12H2,1-2H3,(H,37,42)(H,40,41). The number of rotatable bonds is 8. The molecule has 1 saturated carbocycles. The molecule has 1 aliphatic rings. The van der Waals surface area contributed by atoms with Crippen LogP contribution >= 0.6 is 0 Å². The monoisotopic (exact) mass is 609 g/mol. The number of carbonyl (C=O) groups is 2. The Bertz CT molecular complexity index is 1770. The second-order valence-corrected chi connectivity index (χ2v) is 10.5. The number of halogens is 4. The highest BCUT2D eigenvalue weighted by molar-refractivity contribution is 6.11. The van der Waals surface area contributed by atoms with Crippen molar-refractivity contribution in [3.8, 4) is 34.4 Å². The Hall–Kier alpha value is -4.99. The molecule has 0 unspecified atom stereocenters. The van der Waals surface area contributed by atoms with E-state index in [1.807, 2.05) is 0 Å². The lowest BCUT2D eigenvalue weighted by atomic mass is 9.97. The summed E-state index contributed by atoms with van der Waals surface area (Å²) in [6.07, 6.45) is -2.41. The van der Waals surface area contributed by atoms with E-state index >= 15 is 0 Å². The molecule has 4 aromatic rings. The second kappa shape index (κ2) is 11.9. The van der Waals surface area contributed by atoms with Gasteiger partial charge in [-0.2, -0.15) is 18.4 Å². The van der Waals surface area contributed by atoms with Crippen molar-refractivity contribution in [1.82, 2.24) is 20.6 Å². The van der Waals surface area contributed by atoms with Gasteiger partial charge in [-0.3, -0.25) is 9.59 Å². The van der Waals surface area contributed by atoms with E-state index in [1.54, 1.807) is 0 Å². The Balaban J connectivity index is 1.69. The fraction of sp³-hybridized carbons (Fsp3) is 0.323. The van der Waals surface area contributed by atoms with Gasteiger partial charge in [-0.15, -0.1) is 0 Å². The number of hydrogen-bond acceptors (Lipinski definition) is 7. The van der Waals surface area contributed by atoms with Gasteiger partial charge < -0.3 is 19.8 Å². The number of hydrogen-bond donors (Lipinski definition) is 2. The average Bonchev–Trinajstić information content (AvgIpc) is 3.63. The number of carbonyl (C=O) groups excluding carboxylic acids is 2. The Morgan fingerprint density at radius 3 is 2.43 bits per heavy atom. The minimum atomic E-state index is -4.50. The summed E-state index contributed by atoms with van der Waals surface area (Å²) in [6.45, 7) is 0. The summed E-state index contributed by atoms with van der Waals surface area (Å²) >= 11 is 0. The van der Waals surface area contributed by atoms with Crippen LogP contribution in [0.2, 0.25) is 0 Å². The number of ether oxygens (including phenoxy) is 1. The van der Waals surface area contributed by atoms with Crippen molar-refractivity contribution in [2.45, 2.75) is 50.2 Å². The van der Waals surface area contributed by atoms with E-state index in [2.05, 4.69) is 26.7 Å². The maximum atomic E-state index is 13.6. The number of benzene rings is 1. The van der Waals surface area contributed by atoms with Gasteiger partial charge in [-0.1, -0.05) is 0 Å². The molecule has 2 N–H and O–H groups in total. The van der Waals surface area contributed by atoms with E-state index in [0.717, 1.165) is 12.8 Å². The summed E-state index contributed by atoms with van der Waals surface area (Å²) < 4.78 is 64.9. The van der Waals surface area contributed by atoms with Crippen molar-refractivity contribution in [2.24, 2.45) is 0 Å². The average molecular weight is 610 g/mol. The number of pyridine rings is 2. The number of furan rings is 1. The summed E-state index contributed by atoms with van der Waals surface area (Å²) in [5, 5.41) is 15.2. The minimum absolute atomic E-state index is 0.0136. The van der Waals surface area contributed by atoms with E-state index in [0.29, 0.717) is 18.4 Å². The summed E-state index contributed by atoms with van der Waals surface area (Å²) in [5.41, 5.74) is -0.385. The first kappa shape index (κ1) is 30.5. The van der Waals surface area contributed by atoms with Crippen LogP contribution in [0.1, 0.15) is 58.5 Å². The second-order valence-electron chi connectivity index (χ2n) is 10.5. The summed E-state index contributed by atoms with van der Waals surface area (Å²) in [7, 11) is 2.72. The molecule has 3 heterocycles. The zero-order valence-corrected chi connectivity index (χ0v) is 23.8. The van der Waals surface area contributed by atoms with Gasteiger partial charge >= 0.3 is 6.18 Å². The largest absolute Gasteiger partial charge is 0.480 e. The lowest BCUT2D eigenvalue weighted by molar-refractivity contribution is -0.134. The van der Waals surface area contributed by atoms with E-state index in [1.165, 1.54) is 56.8 Å². The van der Waals surface area contributed by atoms with Crippen LogP contribution in [-0.4, -0.2) is 47.7 Å². The van der Waals surface area contributed by atoms with Crippen LogP contribution in [0.3, 0.4) is 0 Å². The number of nitriles is 1. The maximum Gasteiger partial charge on any atom is 0.389 e. The molecular formula is C31H27F4N5O4. The van der Waals surface area contributed by atoms with Crippen LogP contribution in [0, 0.1) is 17.1 Å². The number of methoxy groups -OCH3 is 1. The van der Waals surface area contributed by atoms with Crippen LogP contribution in [0.5, 0.6) is 5.88 Å². The predicted molar refractivity (Wildman–Crippen MR) is 151 cm³/mol. The lowest BCUT2D eigenvalue weighted by Crippen LogP contribution is -2.45. The van der Waals surface area contributed by atoms with Crippen molar-refractivity contribution in [3.63, 3.8) is 0 Å². The van der Waals surface area contributed by atoms with Crippen LogP contribution in [0.15, 0.2) is 47.0 Å². The van der Waals surface area contributed by atoms with Gasteiger partial charge in [-0.25, -0.2) is 14.4 Å². The van der Waals surface area contributed by atoms with Gasteiger partial charge in [0.15, 0.2) is 0 Å². The molecule has 0 bridgehead atoms. The molecule has 0 saturated heterocycles. The summed E-state index contributed by atoms with van der Waals surface area (Å²) in [6, 6.07) is 10.2. The number of fused-ring (bicyclic) bond motifs is 1. The third-order valence-corrected chi connectivity index (χ3v) is 7.59. The Labute approximate surface area is 249 Å². The van der Waals surface area contributed by atoms with Gasteiger partial charge in [0, 0.05) is 36.4 Å². The van der Waals surface area contributed by atoms with Crippen molar-refractivity contribution in [2.75, 3.05) is 14.2 Å². The molecule has 5 rings (SSSR count). The third kappa shape index (κ3) is 6.06. The quantitative estimate of drug-likeness (QED) is 0.230. The molecule has 13 heteroatoms. The first-order valence-corrected chi connectivity index (χ1v) is 13.8. The highest BCUT2D eigenvalue weighted by Crippen LogP contribution is 2.38. The number of aryl methyl sites for hydroxylation is 1. The Kier molecular flexibility index (Phi) is 8.27. The van der Waals surface area contributed by atoms with Gasteiger partial charge in [0.05, 0.1) is 29.8 Å². The van der Waals surface area contributed by atoms with Crippen LogP contribution in [0.25, 0.3) is 33.6 Å². The molecule has 44 heavy (non-hydrogen) atoms. The van der Waals surface area contributed by atoms with Crippen LogP contribution in [0.4, 0.5) is 17.6 Å². The summed E-state index contributed by atoms with van der Waals surface area (Å²) in [4.78, 5) is 35.1. The molecule has 9 nitrogen and oxygen atoms in total. The minimum Gasteiger partial charge on any atom is -0.480 e. The number of alkyl halides is 3. The first-order chi connectivity index (χ1) is 21.0. The fourth-order valence-electron chi connectivity index (χ4n) is 5.37. The van der Waals surface area contributed by atoms with Crippen molar-refractivity contribution >= 4 is 22.9 Å². The molecule has 0 atom stereocenters. The highest BCUT2D eigenvalue weighted by Gasteiger charge is 2.36. The number of nitrogens with zero attached hydrogens (tertiary/aromatic N) is 3. The van der Waals surface area contributed by atoms with Gasteiger partial charge in [0.25, 0.3) is 11.8 Å². The molecule has 0 aliphatic heterocycles. The first-order valence-electron chi connectivity index (χ1n) is 13.8. The molecule has 1 fully saturated rings. The van der Waals surface area contributed by atoms with Gasteiger partial charge in [-0.05, 0) is 68.5 Å². The van der Waals surface area contributed by atoms with E-state index in [-0.39, 0.29) is 50.7 Å². The molecular weight excluding hydrogens is 582 g/mol. The van der Waals surface area contributed by atoms with Crippen molar-refractivity contribution in [3.05, 3.63) is 65.2 Å². The zero-order valence-electron chi connectivity index (χ0n) is 23.8. The topological polar surface area (TPSA) is 130 Å². The smallest absolute Gasteiger partial charge is 0.389 e. The molecule has 0 radical (unpaired) electrons. The number of amides is 2. The van der Waals surface area contributed by atoms with E-state index < -0.39 is 42.2 Å². The Morgan fingerprint density at radius 2 is 1.82 bits per heavy atom. The third-order valence-electron chi connectivity index (χ3n) is 7.59. The molecule has 1 aliphatic carbocycles. The SMILES string of the molecule is CNC(=O)c1c(-c2ccc(F)cc2)oc2nc(CCC(F)(F)F)c(-c3cnc(OC)c(C(=O)NC4(C#N)CCCC4)c3)cc12. The number of aromatic nitrogens is 2. The molecule has 1 aromatic carbocycles. The molecule has 228 valence electrons. The van der Waals surface area contributed by atoms with E-state index in [4.69, 9.17) is 9.15 Å². The van der Waals surface area contributed by atoms with Crippen molar-refractivity contribution in [1.29, 1.82) is 5.26 Å². The predicted octanol–water partition coefficient (Wildman–Crippen LogP) is 6.13. The molecule has 0 spiro atoms. The molecule has 3 aromatic heterocycles. The lowest BCUT2D eigenvalue weighted by Gasteiger charge is -2.22. The number of nitrogens with one attached hydrogen (secondary N) is 2.